The monoisotopic (exact) mass is 257 g/mol. The van der Waals surface area contributed by atoms with Crippen molar-refractivity contribution in [2.75, 3.05) is 25.0 Å². The Morgan fingerprint density at radius 2 is 2.12 bits per heavy atom. The van der Waals surface area contributed by atoms with Gasteiger partial charge in [-0.25, -0.2) is 9.66 Å². The first-order valence-corrected chi connectivity index (χ1v) is 5.95. The topological polar surface area (TPSA) is 21.1 Å². The number of alkyl halides is 1. The Labute approximate surface area is 105 Å². The number of aryl methyl sites for hydroxylation is 1. The van der Waals surface area contributed by atoms with Gasteiger partial charge in [0.05, 0.1) is 11.0 Å². The van der Waals surface area contributed by atoms with Gasteiger partial charge < -0.3 is 5.01 Å². The highest BCUT2D eigenvalue weighted by Crippen LogP contribution is 2.20. The highest BCUT2D eigenvalue weighted by molar-refractivity contribution is 6.31. The molecule has 0 radical (unpaired) electrons. The van der Waals surface area contributed by atoms with Crippen LogP contribution in [0.15, 0.2) is 18.2 Å². The molecule has 86 valence electrons. The van der Waals surface area contributed by atoms with Crippen molar-refractivity contribution in [2.45, 2.75) is 6.42 Å². The Balaban J connectivity index is 2.65. The molecule has 0 saturated heterocycles. The van der Waals surface area contributed by atoms with E-state index in [2.05, 4.69) is 4.98 Å². The van der Waals surface area contributed by atoms with Gasteiger partial charge in [0.15, 0.2) is 0 Å². The molecule has 2 rings (SSSR count). The molecule has 1 heterocycles. The zero-order valence-corrected chi connectivity index (χ0v) is 10.8. The summed E-state index contributed by atoms with van der Waals surface area (Å²) in [7, 11) is 3.96. The average Bonchev–Trinajstić information content (AvgIpc) is 2.55. The van der Waals surface area contributed by atoms with Crippen molar-refractivity contribution >= 4 is 34.2 Å². The minimum absolute atomic E-state index is 0.560. The predicted octanol–water partition coefficient (Wildman–Crippen LogP) is 2.67. The van der Waals surface area contributed by atoms with Crippen molar-refractivity contribution in [2.24, 2.45) is 0 Å². The maximum Gasteiger partial charge on any atom is 0.130 e. The molecule has 5 heteroatoms. The van der Waals surface area contributed by atoms with Crippen LogP contribution in [0.5, 0.6) is 0 Å². The average molecular weight is 258 g/mol. The molecule has 3 nitrogen and oxygen atoms in total. The number of hydrogen-bond donors (Lipinski definition) is 0. The van der Waals surface area contributed by atoms with E-state index in [1.54, 1.807) is 0 Å². The molecule has 0 atom stereocenters. The lowest BCUT2D eigenvalue weighted by atomic mass is 10.3. The molecule has 0 aliphatic heterocycles. The van der Waals surface area contributed by atoms with Gasteiger partial charge in [0, 0.05) is 31.4 Å². The van der Waals surface area contributed by atoms with Crippen LogP contribution in [0.1, 0.15) is 5.82 Å². The molecule has 0 bridgehead atoms. The normalized spacial score (nSPS) is 11.0. The molecule has 1 aromatic heterocycles. The second-order valence-corrected chi connectivity index (χ2v) is 4.57. The van der Waals surface area contributed by atoms with Crippen molar-refractivity contribution in [1.82, 2.24) is 9.66 Å². The zero-order valence-electron chi connectivity index (χ0n) is 9.24. The first-order valence-electron chi connectivity index (χ1n) is 5.04. The van der Waals surface area contributed by atoms with Crippen molar-refractivity contribution in [3.05, 3.63) is 29.0 Å². The third-order valence-corrected chi connectivity index (χ3v) is 2.80. The molecule has 16 heavy (non-hydrogen) atoms. The molecule has 0 fully saturated rings. The van der Waals surface area contributed by atoms with Gasteiger partial charge in [0.25, 0.3) is 0 Å². The Kier molecular flexibility index (Phi) is 3.26. The van der Waals surface area contributed by atoms with Crippen LogP contribution in [-0.4, -0.2) is 29.6 Å². The van der Waals surface area contributed by atoms with Crippen LogP contribution in [0.25, 0.3) is 11.0 Å². The van der Waals surface area contributed by atoms with Gasteiger partial charge in [-0.2, -0.15) is 0 Å². The first kappa shape index (κ1) is 11.6. The minimum Gasteiger partial charge on any atom is -0.317 e. The Bertz CT molecular complexity index is 505. The predicted molar refractivity (Wildman–Crippen MR) is 69.2 cm³/mol. The van der Waals surface area contributed by atoms with Gasteiger partial charge in [0.1, 0.15) is 5.82 Å². The lowest BCUT2D eigenvalue weighted by Crippen LogP contribution is -2.26. The Morgan fingerprint density at radius 1 is 1.38 bits per heavy atom. The van der Waals surface area contributed by atoms with E-state index in [0.29, 0.717) is 10.9 Å². The molecule has 1 aromatic carbocycles. The minimum atomic E-state index is 0.560. The van der Waals surface area contributed by atoms with E-state index in [-0.39, 0.29) is 0 Å². The van der Waals surface area contributed by atoms with Gasteiger partial charge in [0.2, 0.25) is 0 Å². The van der Waals surface area contributed by atoms with E-state index in [1.165, 1.54) is 0 Å². The van der Waals surface area contributed by atoms with E-state index < -0.39 is 0 Å². The molecule has 0 spiro atoms. The molecular formula is C11H13Cl2N3. The fourth-order valence-corrected chi connectivity index (χ4v) is 2.12. The van der Waals surface area contributed by atoms with Crippen LogP contribution in [0.2, 0.25) is 5.02 Å². The van der Waals surface area contributed by atoms with Crippen molar-refractivity contribution < 1.29 is 0 Å². The van der Waals surface area contributed by atoms with Crippen LogP contribution in [-0.2, 0) is 6.42 Å². The van der Waals surface area contributed by atoms with Crippen LogP contribution < -0.4 is 5.01 Å². The quantitative estimate of drug-likeness (QED) is 0.789. The fourth-order valence-electron chi connectivity index (χ4n) is 1.78. The second kappa shape index (κ2) is 4.52. The third kappa shape index (κ3) is 1.97. The highest BCUT2D eigenvalue weighted by Gasteiger charge is 2.11. The van der Waals surface area contributed by atoms with Crippen molar-refractivity contribution in [1.29, 1.82) is 0 Å². The summed E-state index contributed by atoms with van der Waals surface area (Å²) in [6, 6.07) is 5.72. The fraction of sp³-hybridized carbons (Fsp3) is 0.364. The van der Waals surface area contributed by atoms with Crippen molar-refractivity contribution in [3.63, 3.8) is 0 Å². The number of fused-ring (bicyclic) bond motifs is 1. The van der Waals surface area contributed by atoms with Gasteiger partial charge in [-0.05, 0) is 18.2 Å². The molecule has 0 unspecified atom stereocenters. The van der Waals surface area contributed by atoms with E-state index >= 15 is 0 Å². The number of benzene rings is 1. The number of imidazole rings is 1. The van der Waals surface area contributed by atoms with Gasteiger partial charge in [-0.1, -0.05) is 11.6 Å². The first-order chi connectivity index (χ1) is 7.63. The third-order valence-electron chi connectivity index (χ3n) is 2.38. The van der Waals surface area contributed by atoms with Crippen LogP contribution >= 0.6 is 23.2 Å². The number of halogens is 2. The SMILES string of the molecule is CN(C)n1c(CCCl)nc2cc(Cl)ccc21. The van der Waals surface area contributed by atoms with Crippen LogP contribution in [0, 0.1) is 0 Å². The second-order valence-electron chi connectivity index (χ2n) is 3.76. The van der Waals surface area contributed by atoms with E-state index in [9.17, 15) is 0 Å². The maximum atomic E-state index is 5.95. The molecule has 2 aromatic rings. The summed E-state index contributed by atoms with van der Waals surface area (Å²) in [5, 5.41) is 2.69. The van der Waals surface area contributed by atoms with E-state index in [0.717, 1.165) is 23.3 Å². The number of aromatic nitrogens is 2. The standard InChI is InChI=1S/C11H13Cl2N3/c1-15(2)16-10-4-3-8(13)7-9(10)14-11(16)5-6-12/h3-4,7H,5-6H2,1-2H3. The summed E-state index contributed by atoms with van der Waals surface area (Å²) in [5.41, 5.74) is 1.95. The lowest BCUT2D eigenvalue weighted by molar-refractivity contribution is 0.703. The largest absolute Gasteiger partial charge is 0.317 e. The number of hydrogen-bond acceptors (Lipinski definition) is 2. The molecule has 0 amide bonds. The summed E-state index contributed by atoms with van der Waals surface area (Å²) in [6.07, 6.45) is 0.742. The number of nitrogens with zero attached hydrogens (tertiary/aromatic N) is 3. The summed E-state index contributed by atoms with van der Waals surface area (Å²) in [4.78, 5) is 4.54. The smallest absolute Gasteiger partial charge is 0.130 e. The van der Waals surface area contributed by atoms with Gasteiger partial charge >= 0.3 is 0 Å². The van der Waals surface area contributed by atoms with E-state index in [4.69, 9.17) is 23.2 Å². The van der Waals surface area contributed by atoms with Gasteiger partial charge in [-0.3, -0.25) is 0 Å². The lowest BCUT2D eigenvalue weighted by Gasteiger charge is -2.17. The Morgan fingerprint density at radius 3 is 2.75 bits per heavy atom. The zero-order chi connectivity index (χ0) is 11.7. The molecule has 0 aliphatic carbocycles. The van der Waals surface area contributed by atoms with Crippen LogP contribution in [0.4, 0.5) is 0 Å². The van der Waals surface area contributed by atoms with E-state index in [1.807, 2.05) is 42.0 Å². The maximum absolute atomic E-state index is 5.95. The summed E-state index contributed by atoms with van der Waals surface area (Å²) in [6.45, 7) is 0. The van der Waals surface area contributed by atoms with Crippen molar-refractivity contribution in [3.8, 4) is 0 Å². The van der Waals surface area contributed by atoms with Crippen LogP contribution in [0.3, 0.4) is 0 Å². The molecule has 0 N–H and O–H groups in total. The number of rotatable bonds is 3. The molecular weight excluding hydrogens is 245 g/mol. The van der Waals surface area contributed by atoms with Gasteiger partial charge in [-0.15, -0.1) is 11.6 Å². The molecule has 0 saturated carbocycles. The highest BCUT2D eigenvalue weighted by atomic mass is 35.5. The summed E-state index contributed by atoms with van der Waals surface area (Å²) in [5.74, 6) is 1.52. The summed E-state index contributed by atoms with van der Waals surface area (Å²) < 4.78 is 2.05. The Hall–Kier alpha value is -0.930. The molecule has 0 aliphatic rings. The summed E-state index contributed by atoms with van der Waals surface area (Å²) >= 11 is 11.7.